The van der Waals surface area contributed by atoms with E-state index in [-0.39, 0.29) is 24.4 Å². The maximum atomic E-state index is 12.6. The summed E-state index contributed by atoms with van der Waals surface area (Å²) in [6.45, 7) is 3.63. The number of amides is 2. The van der Waals surface area contributed by atoms with Crippen LogP contribution < -0.4 is 15.0 Å². The predicted octanol–water partition coefficient (Wildman–Crippen LogP) is 1.01. The van der Waals surface area contributed by atoms with Crippen molar-refractivity contribution < 1.29 is 14.3 Å². The molecule has 2 heterocycles. The van der Waals surface area contributed by atoms with Gasteiger partial charge in [-0.05, 0) is 45.0 Å². The van der Waals surface area contributed by atoms with Crippen LogP contribution >= 0.6 is 0 Å². The lowest BCUT2D eigenvalue weighted by atomic mass is 10.1. The van der Waals surface area contributed by atoms with E-state index >= 15 is 0 Å². The minimum absolute atomic E-state index is 0.0332. The van der Waals surface area contributed by atoms with E-state index in [2.05, 4.69) is 5.32 Å². The van der Waals surface area contributed by atoms with Gasteiger partial charge >= 0.3 is 0 Å². The minimum Gasteiger partial charge on any atom is -0.479 e. The fourth-order valence-corrected chi connectivity index (χ4v) is 3.17. The number of piperidine rings is 1. The van der Waals surface area contributed by atoms with Crippen LogP contribution in [-0.2, 0) is 9.59 Å². The van der Waals surface area contributed by atoms with Crippen LogP contribution in [0.3, 0.4) is 0 Å². The summed E-state index contributed by atoms with van der Waals surface area (Å²) in [5.41, 5.74) is 0.669. The van der Waals surface area contributed by atoms with E-state index in [0.717, 1.165) is 25.9 Å². The van der Waals surface area contributed by atoms with Gasteiger partial charge < -0.3 is 15.0 Å². The molecule has 2 aliphatic rings. The van der Waals surface area contributed by atoms with Gasteiger partial charge in [-0.15, -0.1) is 0 Å². The fraction of sp³-hybridized carbons (Fsp3) is 0.529. The predicted molar refractivity (Wildman–Crippen MR) is 87.5 cm³/mol. The molecule has 0 saturated carbocycles. The summed E-state index contributed by atoms with van der Waals surface area (Å²) in [7, 11) is 1.83. The average Bonchev–Trinajstić information content (AvgIpc) is 2.59. The molecular weight excluding hydrogens is 294 g/mol. The molecule has 0 spiro atoms. The van der Waals surface area contributed by atoms with E-state index in [1.54, 1.807) is 16.7 Å². The lowest BCUT2D eigenvalue weighted by Gasteiger charge is -2.36. The number of nitrogens with zero attached hydrogens (tertiary/aromatic N) is 2. The zero-order valence-electron chi connectivity index (χ0n) is 13.6. The lowest BCUT2D eigenvalue weighted by molar-refractivity contribution is -0.134. The molecule has 1 aromatic carbocycles. The van der Waals surface area contributed by atoms with Gasteiger partial charge in [0.2, 0.25) is 5.91 Å². The molecule has 1 unspecified atom stereocenters. The van der Waals surface area contributed by atoms with E-state index in [0.29, 0.717) is 11.4 Å². The molecule has 2 amide bonds. The second-order valence-corrected chi connectivity index (χ2v) is 6.14. The molecule has 124 valence electrons. The number of fused-ring (bicyclic) bond motifs is 1. The van der Waals surface area contributed by atoms with E-state index in [9.17, 15) is 9.59 Å². The number of rotatable bonds is 3. The maximum Gasteiger partial charge on any atom is 0.268 e. The number of hydrogen-bond acceptors (Lipinski definition) is 4. The minimum atomic E-state index is -0.568. The van der Waals surface area contributed by atoms with E-state index < -0.39 is 6.10 Å². The standard InChI is InChI=1S/C17H23N3O3/c1-12-17(22)20(14-5-3-4-6-15(14)23-12)11-16(21)19(2)13-7-9-18-10-8-13/h3-6,12-13,18H,7-11H2,1-2H3. The highest BCUT2D eigenvalue weighted by Crippen LogP contribution is 2.33. The molecular formula is C17H23N3O3. The van der Waals surface area contributed by atoms with Crippen LogP contribution in [0.1, 0.15) is 19.8 Å². The summed E-state index contributed by atoms with van der Waals surface area (Å²) >= 11 is 0. The number of ether oxygens (including phenoxy) is 1. The normalized spacial score (nSPS) is 21.6. The summed E-state index contributed by atoms with van der Waals surface area (Å²) in [5.74, 6) is 0.446. The zero-order valence-corrected chi connectivity index (χ0v) is 13.6. The van der Waals surface area contributed by atoms with Gasteiger partial charge in [-0.1, -0.05) is 12.1 Å². The highest BCUT2D eigenvalue weighted by molar-refractivity contribution is 6.03. The van der Waals surface area contributed by atoms with E-state index in [1.807, 2.05) is 31.3 Å². The molecule has 1 fully saturated rings. The number of nitrogens with one attached hydrogen (secondary N) is 1. The number of anilines is 1. The van der Waals surface area contributed by atoms with Crippen molar-refractivity contribution in [3.05, 3.63) is 24.3 Å². The van der Waals surface area contributed by atoms with Crippen LogP contribution in [0.15, 0.2) is 24.3 Å². The van der Waals surface area contributed by atoms with Crippen LogP contribution in [0.4, 0.5) is 5.69 Å². The molecule has 1 aromatic rings. The molecule has 1 N–H and O–H groups in total. The third-order valence-corrected chi connectivity index (χ3v) is 4.62. The third kappa shape index (κ3) is 3.17. The van der Waals surface area contributed by atoms with Crippen molar-refractivity contribution in [3.8, 4) is 5.75 Å². The molecule has 0 aliphatic carbocycles. The van der Waals surface area contributed by atoms with Gasteiger partial charge in [-0.25, -0.2) is 0 Å². The third-order valence-electron chi connectivity index (χ3n) is 4.62. The number of carbonyl (C=O) groups excluding carboxylic acids is 2. The van der Waals surface area contributed by atoms with Crippen molar-refractivity contribution in [3.63, 3.8) is 0 Å². The van der Waals surface area contributed by atoms with Crippen LogP contribution in [-0.4, -0.2) is 55.5 Å². The van der Waals surface area contributed by atoms with Crippen molar-refractivity contribution in [2.45, 2.75) is 31.9 Å². The molecule has 23 heavy (non-hydrogen) atoms. The van der Waals surface area contributed by atoms with Gasteiger partial charge in [-0.3, -0.25) is 14.5 Å². The Morgan fingerprint density at radius 1 is 1.35 bits per heavy atom. The second-order valence-electron chi connectivity index (χ2n) is 6.14. The molecule has 6 nitrogen and oxygen atoms in total. The van der Waals surface area contributed by atoms with Crippen molar-refractivity contribution in [2.75, 3.05) is 31.6 Å². The summed E-state index contributed by atoms with van der Waals surface area (Å²) in [5, 5.41) is 3.30. The van der Waals surface area contributed by atoms with Gasteiger partial charge in [0.05, 0.1) is 5.69 Å². The van der Waals surface area contributed by atoms with Crippen molar-refractivity contribution in [1.29, 1.82) is 0 Å². The smallest absolute Gasteiger partial charge is 0.268 e. The van der Waals surface area contributed by atoms with Gasteiger partial charge in [0.1, 0.15) is 12.3 Å². The number of carbonyl (C=O) groups is 2. The Balaban J connectivity index is 1.75. The van der Waals surface area contributed by atoms with Gasteiger partial charge in [0.15, 0.2) is 6.10 Å². The Kier molecular flexibility index (Phi) is 4.52. The Hall–Kier alpha value is -2.08. The van der Waals surface area contributed by atoms with Crippen molar-refractivity contribution in [2.24, 2.45) is 0 Å². The SMILES string of the molecule is CC1Oc2ccccc2N(CC(=O)N(C)C2CCNCC2)C1=O. The first-order valence-electron chi connectivity index (χ1n) is 8.11. The Bertz CT molecular complexity index is 599. The molecule has 2 aliphatic heterocycles. The number of likely N-dealkylation sites (N-methyl/N-ethyl adjacent to an activating group) is 1. The van der Waals surface area contributed by atoms with Gasteiger partial charge in [0.25, 0.3) is 5.91 Å². The monoisotopic (exact) mass is 317 g/mol. The highest BCUT2D eigenvalue weighted by Gasteiger charge is 2.34. The molecule has 6 heteroatoms. The first-order valence-corrected chi connectivity index (χ1v) is 8.11. The lowest BCUT2D eigenvalue weighted by Crippen LogP contribution is -2.51. The summed E-state index contributed by atoms with van der Waals surface area (Å²) in [6, 6.07) is 7.60. The van der Waals surface area contributed by atoms with Crippen LogP contribution in [0.2, 0.25) is 0 Å². The maximum absolute atomic E-state index is 12.6. The fourth-order valence-electron chi connectivity index (χ4n) is 3.17. The van der Waals surface area contributed by atoms with Gasteiger partial charge in [0, 0.05) is 13.1 Å². The second kappa shape index (κ2) is 6.58. The van der Waals surface area contributed by atoms with Crippen molar-refractivity contribution >= 4 is 17.5 Å². The summed E-state index contributed by atoms with van der Waals surface area (Å²) in [4.78, 5) is 28.4. The Labute approximate surface area is 136 Å². The first-order chi connectivity index (χ1) is 11.1. The molecule has 0 radical (unpaired) electrons. The Morgan fingerprint density at radius 3 is 2.78 bits per heavy atom. The molecule has 0 aromatic heterocycles. The average molecular weight is 317 g/mol. The first kappa shape index (κ1) is 15.8. The quantitative estimate of drug-likeness (QED) is 0.904. The van der Waals surface area contributed by atoms with Crippen LogP contribution in [0.25, 0.3) is 0 Å². The molecule has 0 bridgehead atoms. The topological polar surface area (TPSA) is 61.9 Å². The van der Waals surface area contributed by atoms with Crippen molar-refractivity contribution in [1.82, 2.24) is 10.2 Å². The number of benzene rings is 1. The van der Waals surface area contributed by atoms with Gasteiger partial charge in [-0.2, -0.15) is 0 Å². The number of hydrogen-bond donors (Lipinski definition) is 1. The molecule has 1 atom stereocenters. The zero-order chi connectivity index (χ0) is 16.4. The summed E-state index contributed by atoms with van der Waals surface area (Å²) in [6.07, 6.45) is 1.33. The highest BCUT2D eigenvalue weighted by atomic mass is 16.5. The van der Waals surface area contributed by atoms with E-state index in [1.165, 1.54) is 0 Å². The summed E-state index contributed by atoms with van der Waals surface area (Å²) < 4.78 is 5.61. The molecule has 1 saturated heterocycles. The number of para-hydroxylation sites is 2. The largest absolute Gasteiger partial charge is 0.479 e. The van der Waals surface area contributed by atoms with E-state index in [4.69, 9.17) is 4.74 Å². The Morgan fingerprint density at radius 2 is 2.04 bits per heavy atom. The molecule has 3 rings (SSSR count). The van der Waals surface area contributed by atoms with Crippen LogP contribution in [0.5, 0.6) is 5.75 Å². The van der Waals surface area contributed by atoms with Crippen LogP contribution in [0, 0.1) is 0 Å².